The van der Waals surface area contributed by atoms with E-state index >= 15 is 0 Å². The van der Waals surface area contributed by atoms with Crippen LogP contribution in [0.2, 0.25) is 0 Å². The summed E-state index contributed by atoms with van der Waals surface area (Å²) in [5, 5.41) is 14.3. The van der Waals surface area contributed by atoms with Crippen LogP contribution >= 0.6 is 11.3 Å². The summed E-state index contributed by atoms with van der Waals surface area (Å²) in [6.45, 7) is 2.27. The highest BCUT2D eigenvalue weighted by Gasteiger charge is 2.10. The van der Waals surface area contributed by atoms with Crippen LogP contribution < -0.4 is 5.32 Å². The smallest absolute Gasteiger partial charge is 0.271 e. The molecule has 0 amide bonds. The fraction of sp³-hybridized carbons (Fsp3) is 0.182. The van der Waals surface area contributed by atoms with Gasteiger partial charge in [-0.1, -0.05) is 0 Å². The molecular formula is C11H10FN3O2S. The summed E-state index contributed by atoms with van der Waals surface area (Å²) in [7, 11) is 0. The normalized spacial score (nSPS) is 10.3. The van der Waals surface area contributed by atoms with Gasteiger partial charge >= 0.3 is 0 Å². The number of aryl methyl sites for hydroxylation is 1. The molecular weight excluding hydrogens is 257 g/mol. The van der Waals surface area contributed by atoms with Gasteiger partial charge in [-0.3, -0.25) is 10.1 Å². The van der Waals surface area contributed by atoms with Crippen molar-refractivity contribution in [2.24, 2.45) is 0 Å². The van der Waals surface area contributed by atoms with Gasteiger partial charge in [-0.15, -0.1) is 11.3 Å². The molecule has 0 fully saturated rings. The van der Waals surface area contributed by atoms with Crippen molar-refractivity contribution in [2.45, 2.75) is 13.5 Å². The Balaban J connectivity index is 2.13. The molecule has 1 aromatic carbocycles. The van der Waals surface area contributed by atoms with E-state index in [-0.39, 0.29) is 11.4 Å². The lowest BCUT2D eigenvalue weighted by Gasteiger charge is -2.05. The summed E-state index contributed by atoms with van der Waals surface area (Å²) in [6, 6.07) is 3.40. The fourth-order valence-corrected chi connectivity index (χ4v) is 2.17. The van der Waals surface area contributed by atoms with Gasteiger partial charge in [0.15, 0.2) is 0 Å². The lowest BCUT2D eigenvalue weighted by molar-refractivity contribution is -0.384. The first kappa shape index (κ1) is 12.4. The van der Waals surface area contributed by atoms with Gasteiger partial charge in [-0.25, -0.2) is 9.37 Å². The summed E-state index contributed by atoms with van der Waals surface area (Å²) < 4.78 is 13.4. The second-order valence-electron chi connectivity index (χ2n) is 3.62. The predicted molar refractivity (Wildman–Crippen MR) is 67.2 cm³/mol. The molecule has 5 nitrogen and oxygen atoms in total. The highest BCUT2D eigenvalue weighted by molar-refractivity contribution is 7.11. The summed E-state index contributed by atoms with van der Waals surface area (Å²) in [5.41, 5.74) is -0.0189. The molecule has 0 aliphatic heterocycles. The SMILES string of the molecule is Cc1ncc(CNc2cc([N+](=O)[O-])ccc2F)s1. The molecule has 1 heterocycles. The zero-order chi connectivity index (χ0) is 13.1. The third kappa shape index (κ3) is 2.80. The molecule has 0 saturated carbocycles. The Morgan fingerprint density at radius 2 is 2.33 bits per heavy atom. The lowest BCUT2D eigenvalue weighted by Crippen LogP contribution is -2.01. The number of halogens is 1. The first-order chi connectivity index (χ1) is 8.56. The van der Waals surface area contributed by atoms with Crippen LogP contribution in [0.25, 0.3) is 0 Å². The second kappa shape index (κ2) is 5.09. The number of rotatable bonds is 4. The van der Waals surface area contributed by atoms with E-state index in [1.54, 1.807) is 6.20 Å². The summed E-state index contributed by atoms with van der Waals surface area (Å²) in [5.74, 6) is -0.512. The van der Waals surface area contributed by atoms with Crippen molar-refractivity contribution in [3.05, 3.63) is 50.2 Å². The topological polar surface area (TPSA) is 68.1 Å². The van der Waals surface area contributed by atoms with Gasteiger partial charge in [0.25, 0.3) is 5.69 Å². The highest BCUT2D eigenvalue weighted by atomic mass is 32.1. The average molecular weight is 267 g/mol. The van der Waals surface area contributed by atoms with Crippen LogP contribution in [-0.2, 0) is 6.54 Å². The second-order valence-corrected chi connectivity index (χ2v) is 4.94. The van der Waals surface area contributed by atoms with Crippen LogP contribution in [0.3, 0.4) is 0 Å². The number of hydrogen-bond acceptors (Lipinski definition) is 5. The summed E-state index contributed by atoms with van der Waals surface area (Å²) in [4.78, 5) is 15.1. The Labute approximate surface area is 106 Å². The van der Waals surface area contributed by atoms with Crippen LogP contribution in [-0.4, -0.2) is 9.91 Å². The minimum atomic E-state index is -0.554. The minimum Gasteiger partial charge on any atom is -0.378 e. The number of nitro groups is 1. The number of nitro benzene ring substituents is 1. The van der Waals surface area contributed by atoms with Crippen molar-refractivity contribution < 1.29 is 9.31 Å². The molecule has 7 heteroatoms. The quantitative estimate of drug-likeness (QED) is 0.682. The van der Waals surface area contributed by atoms with E-state index in [1.165, 1.54) is 17.4 Å². The molecule has 18 heavy (non-hydrogen) atoms. The van der Waals surface area contributed by atoms with Gasteiger partial charge < -0.3 is 5.32 Å². The van der Waals surface area contributed by atoms with E-state index in [9.17, 15) is 14.5 Å². The maximum Gasteiger partial charge on any atom is 0.271 e. The number of nitrogens with one attached hydrogen (secondary N) is 1. The first-order valence-corrected chi connectivity index (χ1v) is 5.97. The number of thiazole rings is 1. The molecule has 1 N–H and O–H groups in total. The van der Waals surface area contributed by atoms with Gasteiger partial charge in [0.2, 0.25) is 0 Å². The molecule has 0 radical (unpaired) electrons. The molecule has 1 aromatic heterocycles. The third-order valence-corrected chi connectivity index (χ3v) is 3.20. The first-order valence-electron chi connectivity index (χ1n) is 5.15. The van der Waals surface area contributed by atoms with Crippen molar-refractivity contribution in [3.63, 3.8) is 0 Å². The molecule has 0 bridgehead atoms. The van der Waals surface area contributed by atoms with Crippen molar-refractivity contribution in [1.82, 2.24) is 4.98 Å². The zero-order valence-electron chi connectivity index (χ0n) is 9.51. The van der Waals surface area contributed by atoms with E-state index in [4.69, 9.17) is 0 Å². The van der Waals surface area contributed by atoms with Crippen LogP contribution in [0.5, 0.6) is 0 Å². The van der Waals surface area contributed by atoms with Crippen molar-refractivity contribution in [1.29, 1.82) is 0 Å². The van der Waals surface area contributed by atoms with Crippen LogP contribution in [0.4, 0.5) is 15.8 Å². The molecule has 94 valence electrons. The van der Waals surface area contributed by atoms with E-state index < -0.39 is 10.7 Å². The molecule has 0 spiro atoms. The zero-order valence-corrected chi connectivity index (χ0v) is 10.3. The number of anilines is 1. The number of non-ortho nitro benzene ring substituents is 1. The van der Waals surface area contributed by atoms with Crippen molar-refractivity contribution >= 4 is 22.7 Å². The maximum atomic E-state index is 13.4. The maximum absolute atomic E-state index is 13.4. The number of benzene rings is 1. The predicted octanol–water partition coefficient (Wildman–Crippen LogP) is 3.11. The molecule has 2 rings (SSSR count). The monoisotopic (exact) mass is 267 g/mol. The molecule has 0 aliphatic rings. The molecule has 0 saturated heterocycles. The Morgan fingerprint density at radius 3 is 2.94 bits per heavy atom. The Morgan fingerprint density at radius 1 is 1.56 bits per heavy atom. The lowest BCUT2D eigenvalue weighted by atomic mass is 10.2. The van der Waals surface area contributed by atoms with Crippen LogP contribution in [0.15, 0.2) is 24.4 Å². The van der Waals surface area contributed by atoms with E-state index in [0.717, 1.165) is 22.0 Å². The molecule has 0 aliphatic carbocycles. The van der Waals surface area contributed by atoms with Gasteiger partial charge in [-0.2, -0.15) is 0 Å². The van der Waals surface area contributed by atoms with Crippen LogP contribution in [0, 0.1) is 22.9 Å². The standard InChI is InChI=1S/C11H10FN3O2S/c1-7-13-5-9(18-7)6-14-11-4-8(15(16)17)2-3-10(11)12/h2-5,14H,6H2,1H3. The number of aromatic nitrogens is 1. The van der Waals surface area contributed by atoms with Gasteiger partial charge in [0, 0.05) is 23.2 Å². The number of nitrogens with zero attached hydrogens (tertiary/aromatic N) is 2. The van der Waals surface area contributed by atoms with E-state index in [0.29, 0.717) is 6.54 Å². The average Bonchev–Trinajstić information content (AvgIpc) is 2.74. The summed E-state index contributed by atoms with van der Waals surface area (Å²) >= 11 is 1.49. The van der Waals surface area contributed by atoms with Gasteiger partial charge in [-0.05, 0) is 13.0 Å². The highest BCUT2D eigenvalue weighted by Crippen LogP contribution is 2.22. The Bertz CT molecular complexity index is 585. The molecule has 0 unspecified atom stereocenters. The summed E-state index contributed by atoms with van der Waals surface area (Å²) in [6.07, 6.45) is 1.70. The largest absolute Gasteiger partial charge is 0.378 e. The van der Waals surface area contributed by atoms with Crippen molar-refractivity contribution in [2.75, 3.05) is 5.32 Å². The van der Waals surface area contributed by atoms with Crippen LogP contribution in [0.1, 0.15) is 9.88 Å². The fourth-order valence-electron chi connectivity index (χ4n) is 1.43. The van der Waals surface area contributed by atoms with Crippen molar-refractivity contribution in [3.8, 4) is 0 Å². The molecule has 0 atom stereocenters. The third-order valence-electron chi connectivity index (χ3n) is 2.28. The van der Waals surface area contributed by atoms with Gasteiger partial charge in [0.1, 0.15) is 5.82 Å². The number of hydrogen-bond donors (Lipinski definition) is 1. The van der Waals surface area contributed by atoms with Gasteiger partial charge in [0.05, 0.1) is 22.2 Å². The van der Waals surface area contributed by atoms with E-state index in [2.05, 4.69) is 10.3 Å². The molecule has 2 aromatic rings. The van der Waals surface area contributed by atoms with E-state index in [1.807, 2.05) is 6.92 Å². The Kier molecular flexibility index (Phi) is 3.52. The minimum absolute atomic E-state index is 0.121. The Hall–Kier alpha value is -2.02.